The molecule has 1 amide bonds. The second-order valence-corrected chi connectivity index (χ2v) is 3.10. The summed E-state index contributed by atoms with van der Waals surface area (Å²) in [5, 5.41) is 0. The Balaban J connectivity index is 4.05. The van der Waals surface area contributed by atoms with E-state index in [1.165, 1.54) is 6.92 Å². The van der Waals surface area contributed by atoms with Gasteiger partial charge in [-0.25, -0.2) is 0 Å². The van der Waals surface area contributed by atoms with Crippen LogP contribution in [-0.4, -0.2) is 24.0 Å². The average molecular weight is 188 g/mol. The van der Waals surface area contributed by atoms with E-state index in [-0.39, 0.29) is 19.4 Å². The van der Waals surface area contributed by atoms with E-state index in [4.69, 9.17) is 16.2 Å². The first kappa shape index (κ1) is 11.9. The van der Waals surface area contributed by atoms with Crippen molar-refractivity contribution >= 4 is 11.9 Å². The monoisotopic (exact) mass is 188 g/mol. The third kappa shape index (κ3) is 4.47. The Bertz CT molecular complexity index is 202. The molecule has 0 spiro atoms. The van der Waals surface area contributed by atoms with Gasteiger partial charge in [0.1, 0.15) is 5.54 Å². The third-order valence-electron chi connectivity index (χ3n) is 1.63. The molecule has 0 fully saturated rings. The average Bonchev–Trinajstić information content (AvgIpc) is 2.01. The highest BCUT2D eigenvalue weighted by molar-refractivity contribution is 5.81. The summed E-state index contributed by atoms with van der Waals surface area (Å²) >= 11 is 0. The van der Waals surface area contributed by atoms with Gasteiger partial charge in [-0.05, 0) is 20.3 Å². The van der Waals surface area contributed by atoms with E-state index in [1.54, 1.807) is 6.92 Å². The van der Waals surface area contributed by atoms with Crippen molar-refractivity contribution in [1.29, 1.82) is 0 Å². The second-order valence-electron chi connectivity index (χ2n) is 3.10. The van der Waals surface area contributed by atoms with E-state index >= 15 is 0 Å². The van der Waals surface area contributed by atoms with Crippen molar-refractivity contribution in [3.63, 3.8) is 0 Å². The number of ether oxygens (including phenoxy) is 1. The molecule has 5 nitrogen and oxygen atoms in total. The Kier molecular flexibility index (Phi) is 4.40. The van der Waals surface area contributed by atoms with Gasteiger partial charge in [-0.2, -0.15) is 0 Å². The molecule has 0 heterocycles. The molecule has 0 radical (unpaired) electrons. The number of nitrogens with two attached hydrogens (primary N) is 2. The first-order chi connectivity index (χ1) is 5.90. The van der Waals surface area contributed by atoms with E-state index in [0.717, 1.165) is 0 Å². The summed E-state index contributed by atoms with van der Waals surface area (Å²) < 4.78 is 4.72. The second kappa shape index (κ2) is 4.81. The molecule has 4 N–H and O–H groups in total. The van der Waals surface area contributed by atoms with Gasteiger partial charge in [-0.1, -0.05) is 0 Å². The zero-order valence-electron chi connectivity index (χ0n) is 8.00. The molecule has 0 bridgehead atoms. The number of esters is 1. The Labute approximate surface area is 77.4 Å². The molecule has 76 valence electrons. The molecular formula is C8H16N2O3. The summed E-state index contributed by atoms with van der Waals surface area (Å²) in [6.45, 7) is 3.50. The molecule has 0 aliphatic carbocycles. The molecule has 0 aliphatic rings. The zero-order valence-corrected chi connectivity index (χ0v) is 8.00. The van der Waals surface area contributed by atoms with Crippen molar-refractivity contribution in [3.8, 4) is 0 Å². The summed E-state index contributed by atoms with van der Waals surface area (Å²) in [5.41, 5.74) is 9.42. The lowest BCUT2D eigenvalue weighted by Gasteiger charge is -2.21. The Morgan fingerprint density at radius 2 is 2.00 bits per heavy atom. The molecule has 0 aromatic rings. The number of amides is 1. The van der Waals surface area contributed by atoms with Gasteiger partial charge in [0, 0.05) is 6.42 Å². The maximum absolute atomic E-state index is 11.2. The molecule has 0 saturated carbocycles. The fourth-order valence-corrected chi connectivity index (χ4v) is 0.781. The van der Waals surface area contributed by atoms with Gasteiger partial charge in [0.15, 0.2) is 0 Å². The summed E-state index contributed by atoms with van der Waals surface area (Å²) in [5.74, 6) is -0.975. The lowest BCUT2D eigenvalue weighted by atomic mass is 9.97. The number of carbonyl (C=O) groups excluding carboxylic acids is 2. The van der Waals surface area contributed by atoms with E-state index in [1.807, 2.05) is 0 Å². The largest absolute Gasteiger partial charge is 0.465 e. The number of hydrogen-bond donors (Lipinski definition) is 2. The predicted molar refractivity (Wildman–Crippen MR) is 47.7 cm³/mol. The highest BCUT2D eigenvalue weighted by atomic mass is 16.5. The molecular weight excluding hydrogens is 172 g/mol. The van der Waals surface area contributed by atoms with Crippen LogP contribution in [0.2, 0.25) is 0 Å². The molecule has 5 heteroatoms. The van der Waals surface area contributed by atoms with E-state index in [2.05, 4.69) is 0 Å². The first-order valence-corrected chi connectivity index (χ1v) is 4.14. The molecule has 0 aliphatic heterocycles. The van der Waals surface area contributed by atoms with E-state index < -0.39 is 17.4 Å². The van der Waals surface area contributed by atoms with Gasteiger partial charge in [0.25, 0.3) is 0 Å². The van der Waals surface area contributed by atoms with Gasteiger partial charge in [-0.3, -0.25) is 9.59 Å². The zero-order chi connectivity index (χ0) is 10.5. The number of carbonyl (C=O) groups is 2. The summed E-state index contributed by atoms with van der Waals surface area (Å²) in [6, 6.07) is 0. The van der Waals surface area contributed by atoms with Crippen molar-refractivity contribution in [2.24, 2.45) is 11.5 Å². The highest BCUT2D eigenvalue weighted by Gasteiger charge is 2.29. The van der Waals surface area contributed by atoms with Crippen LogP contribution in [0.25, 0.3) is 0 Å². The number of rotatable bonds is 5. The van der Waals surface area contributed by atoms with Gasteiger partial charge in [-0.15, -0.1) is 0 Å². The first-order valence-electron chi connectivity index (χ1n) is 4.14. The fraction of sp³-hybridized carbons (Fsp3) is 0.750. The standard InChI is InChI=1S/C8H16N2O3/c1-3-13-7(12)8(2,10)5-4-6(9)11/h3-5,10H2,1-2H3,(H2,9,11). The van der Waals surface area contributed by atoms with Crippen LogP contribution in [0.15, 0.2) is 0 Å². The van der Waals surface area contributed by atoms with Crippen molar-refractivity contribution < 1.29 is 14.3 Å². The van der Waals surface area contributed by atoms with E-state index in [9.17, 15) is 9.59 Å². The third-order valence-corrected chi connectivity index (χ3v) is 1.63. The molecule has 0 saturated heterocycles. The molecule has 0 rings (SSSR count). The minimum Gasteiger partial charge on any atom is -0.465 e. The molecule has 1 unspecified atom stereocenters. The number of hydrogen-bond acceptors (Lipinski definition) is 4. The van der Waals surface area contributed by atoms with Crippen LogP contribution >= 0.6 is 0 Å². The minimum atomic E-state index is -1.12. The van der Waals surface area contributed by atoms with Crippen molar-refractivity contribution in [1.82, 2.24) is 0 Å². The quantitative estimate of drug-likeness (QED) is 0.570. The summed E-state index contributed by atoms with van der Waals surface area (Å²) in [6.07, 6.45) is 0.299. The normalized spacial score (nSPS) is 14.7. The maximum Gasteiger partial charge on any atom is 0.325 e. The maximum atomic E-state index is 11.2. The lowest BCUT2D eigenvalue weighted by molar-refractivity contribution is -0.149. The Hall–Kier alpha value is -1.10. The van der Waals surface area contributed by atoms with Gasteiger partial charge >= 0.3 is 5.97 Å². The van der Waals surface area contributed by atoms with Crippen LogP contribution in [0.4, 0.5) is 0 Å². The van der Waals surface area contributed by atoms with Crippen molar-refractivity contribution in [2.45, 2.75) is 32.2 Å². The molecule has 0 aromatic carbocycles. The van der Waals surface area contributed by atoms with Crippen LogP contribution in [0.3, 0.4) is 0 Å². The van der Waals surface area contributed by atoms with Gasteiger partial charge in [0.05, 0.1) is 6.61 Å². The lowest BCUT2D eigenvalue weighted by Crippen LogP contribution is -2.46. The van der Waals surface area contributed by atoms with Crippen LogP contribution in [0, 0.1) is 0 Å². The van der Waals surface area contributed by atoms with Gasteiger partial charge < -0.3 is 16.2 Å². The highest BCUT2D eigenvalue weighted by Crippen LogP contribution is 2.10. The SMILES string of the molecule is CCOC(=O)C(C)(N)CCC(N)=O. The topological polar surface area (TPSA) is 95.4 Å². The fourth-order valence-electron chi connectivity index (χ4n) is 0.781. The number of primary amides is 1. The summed E-state index contributed by atoms with van der Waals surface area (Å²) in [4.78, 5) is 21.6. The van der Waals surface area contributed by atoms with Crippen molar-refractivity contribution in [2.75, 3.05) is 6.61 Å². The van der Waals surface area contributed by atoms with Crippen molar-refractivity contribution in [3.05, 3.63) is 0 Å². The van der Waals surface area contributed by atoms with Crippen LogP contribution in [0.5, 0.6) is 0 Å². The molecule has 0 aromatic heterocycles. The summed E-state index contributed by atoms with van der Waals surface area (Å²) in [7, 11) is 0. The predicted octanol–water partition coefficient (Wildman–Crippen LogP) is -0.468. The Morgan fingerprint density at radius 1 is 1.46 bits per heavy atom. The molecule has 1 atom stereocenters. The van der Waals surface area contributed by atoms with Crippen LogP contribution in [-0.2, 0) is 14.3 Å². The smallest absolute Gasteiger partial charge is 0.325 e. The van der Waals surface area contributed by atoms with Crippen LogP contribution in [0.1, 0.15) is 26.7 Å². The van der Waals surface area contributed by atoms with Crippen LogP contribution < -0.4 is 11.5 Å². The van der Waals surface area contributed by atoms with E-state index in [0.29, 0.717) is 0 Å². The minimum absolute atomic E-state index is 0.0891. The Morgan fingerprint density at radius 3 is 2.38 bits per heavy atom. The van der Waals surface area contributed by atoms with Gasteiger partial charge in [0.2, 0.25) is 5.91 Å². The molecule has 13 heavy (non-hydrogen) atoms.